The van der Waals surface area contributed by atoms with E-state index in [1.54, 1.807) is 36.4 Å². The highest BCUT2D eigenvalue weighted by molar-refractivity contribution is 6.07. The summed E-state index contributed by atoms with van der Waals surface area (Å²) in [6.45, 7) is 3.91. The molecule has 26 heavy (non-hydrogen) atoms. The van der Waals surface area contributed by atoms with Crippen LogP contribution in [0.4, 0.5) is 11.4 Å². The van der Waals surface area contributed by atoms with E-state index in [9.17, 15) is 9.59 Å². The zero-order valence-electron chi connectivity index (χ0n) is 14.7. The van der Waals surface area contributed by atoms with Crippen LogP contribution in [0.25, 0.3) is 0 Å². The molecule has 0 bridgehead atoms. The number of benzene rings is 3. The fourth-order valence-electron chi connectivity index (χ4n) is 2.55. The van der Waals surface area contributed by atoms with Crippen molar-refractivity contribution in [3.8, 4) is 0 Å². The predicted octanol–water partition coefficient (Wildman–Crippen LogP) is 4.81. The Morgan fingerprint density at radius 2 is 1.38 bits per heavy atom. The summed E-state index contributed by atoms with van der Waals surface area (Å²) in [6, 6.07) is 21.8. The fourth-order valence-corrected chi connectivity index (χ4v) is 2.55. The van der Waals surface area contributed by atoms with Gasteiger partial charge in [-0.1, -0.05) is 42.0 Å². The van der Waals surface area contributed by atoms with Crippen LogP contribution in [-0.4, -0.2) is 11.8 Å². The number of amides is 2. The molecule has 3 rings (SSSR count). The maximum Gasteiger partial charge on any atom is 0.255 e. The molecule has 0 atom stereocenters. The van der Waals surface area contributed by atoms with E-state index < -0.39 is 0 Å². The SMILES string of the molecule is Cc1ccc(C(=O)Nc2cccc(C(=O)Nc3ccccc3C)c2)cc1. The van der Waals surface area contributed by atoms with E-state index in [4.69, 9.17) is 0 Å². The molecule has 3 aromatic rings. The summed E-state index contributed by atoms with van der Waals surface area (Å²) in [5, 5.41) is 5.72. The summed E-state index contributed by atoms with van der Waals surface area (Å²) in [5.41, 5.74) is 4.49. The van der Waals surface area contributed by atoms with Crippen LogP contribution in [0.3, 0.4) is 0 Å². The third-order valence-corrected chi connectivity index (χ3v) is 4.09. The number of hydrogen-bond acceptors (Lipinski definition) is 2. The normalized spacial score (nSPS) is 10.2. The highest BCUT2D eigenvalue weighted by Gasteiger charge is 2.10. The average molecular weight is 344 g/mol. The smallest absolute Gasteiger partial charge is 0.255 e. The Morgan fingerprint density at radius 1 is 0.692 bits per heavy atom. The molecule has 0 spiro atoms. The molecule has 3 aromatic carbocycles. The van der Waals surface area contributed by atoms with Crippen molar-refractivity contribution in [2.45, 2.75) is 13.8 Å². The second-order valence-electron chi connectivity index (χ2n) is 6.17. The second-order valence-corrected chi connectivity index (χ2v) is 6.17. The van der Waals surface area contributed by atoms with E-state index in [2.05, 4.69) is 10.6 Å². The molecule has 0 unspecified atom stereocenters. The third kappa shape index (κ3) is 4.16. The molecule has 0 saturated heterocycles. The van der Waals surface area contributed by atoms with Gasteiger partial charge in [-0.15, -0.1) is 0 Å². The minimum absolute atomic E-state index is 0.207. The first-order valence-electron chi connectivity index (χ1n) is 8.38. The van der Waals surface area contributed by atoms with Gasteiger partial charge in [0.05, 0.1) is 0 Å². The van der Waals surface area contributed by atoms with Gasteiger partial charge in [0, 0.05) is 22.5 Å². The van der Waals surface area contributed by atoms with Gasteiger partial charge in [-0.05, 0) is 55.8 Å². The molecule has 0 radical (unpaired) electrons. The Balaban J connectivity index is 1.73. The Morgan fingerprint density at radius 3 is 2.12 bits per heavy atom. The Labute approximate surface area is 152 Å². The predicted molar refractivity (Wildman–Crippen MR) is 105 cm³/mol. The quantitative estimate of drug-likeness (QED) is 0.714. The standard InChI is InChI=1S/C22H20N2O2/c1-15-10-12-17(13-11-15)21(25)23-19-8-5-7-18(14-19)22(26)24-20-9-4-3-6-16(20)2/h3-14H,1-2H3,(H,23,25)(H,24,26). The lowest BCUT2D eigenvalue weighted by Gasteiger charge is -2.10. The van der Waals surface area contributed by atoms with Gasteiger partial charge in [0.1, 0.15) is 0 Å². The summed E-state index contributed by atoms with van der Waals surface area (Å²) in [5.74, 6) is -0.424. The molecule has 0 aliphatic heterocycles. The molecule has 0 aliphatic rings. The second kappa shape index (κ2) is 7.66. The van der Waals surface area contributed by atoms with Gasteiger partial charge < -0.3 is 10.6 Å². The molecule has 2 N–H and O–H groups in total. The van der Waals surface area contributed by atoms with Crippen LogP contribution in [-0.2, 0) is 0 Å². The summed E-state index contributed by atoms with van der Waals surface area (Å²) in [7, 11) is 0. The number of carbonyl (C=O) groups is 2. The van der Waals surface area contributed by atoms with Crippen molar-refractivity contribution in [1.29, 1.82) is 0 Å². The number of rotatable bonds is 4. The molecule has 2 amide bonds. The molecular weight excluding hydrogens is 324 g/mol. The van der Waals surface area contributed by atoms with E-state index in [1.165, 1.54) is 0 Å². The van der Waals surface area contributed by atoms with Gasteiger partial charge >= 0.3 is 0 Å². The molecule has 4 nitrogen and oxygen atoms in total. The molecule has 0 saturated carbocycles. The van der Waals surface area contributed by atoms with Crippen LogP contribution in [0.1, 0.15) is 31.8 Å². The van der Waals surface area contributed by atoms with Crippen molar-refractivity contribution in [3.05, 3.63) is 95.1 Å². The van der Waals surface area contributed by atoms with E-state index in [0.717, 1.165) is 16.8 Å². The average Bonchev–Trinajstić information content (AvgIpc) is 2.64. The van der Waals surface area contributed by atoms with Crippen molar-refractivity contribution >= 4 is 23.2 Å². The number of aryl methyl sites for hydroxylation is 2. The van der Waals surface area contributed by atoms with Gasteiger partial charge in [-0.25, -0.2) is 0 Å². The summed E-state index contributed by atoms with van der Waals surface area (Å²) >= 11 is 0. The van der Waals surface area contributed by atoms with Crippen molar-refractivity contribution in [2.24, 2.45) is 0 Å². The number of anilines is 2. The first-order valence-corrected chi connectivity index (χ1v) is 8.38. The van der Waals surface area contributed by atoms with Crippen molar-refractivity contribution in [1.82, 2.24) is 0 Å². The largest absolute Gasteiger partial charge is 0.322 e. The van der Waals surface area contributed by atoms with Crippen LogP contribution in [0.15, 0.2) is 72.8 Å². The molecule has 4 heteroatoms. The Hall–Kier alpha value is -3.40. The van der Waals surface area contributed by atoms with Gasteiger partial charge in [0.15, 0.2) is 0 Å². The number of nitrogens with one attached hydrogen (secondary N) is 2. The van der Waals surface area contributed by atoms with Crippen LogP contribution < -0.4 is 10.6 Å². The van der Waals surface area contributed by atoms with Gasteiger partial charge in [-0.2, -0.15) is 0 Å². The monoisotopic (exact) mass is 344 g/mol. The van der Waals surface area contributed by atoms with Crippen LogP contribution in [0.2, 0.25) is 0 Å². The highest BCUT2D eigenvalue weighted by atomic mass is 16.2. The van der Waals surface area contributed by atoms with E-state index in [1.807, 2.05) is 50.2 Å². The lowest BCUT2D eigenvalue weighted by molar-refractivity contribution is 0.101. The van der Waals surface area contributed by atoms with Crippen molar-refractivity contribution < 1.29 is 9.59 Å². The topological polar surface area (TPSA) is 58.2 Å². The lowest BCUT2D eigenvalue weighted by atomic mass is 10.1. The molecule has 0 heterocycles. The van der Waals surface area contributed by atoms with E-state index >= 15 is 0 Å². The third-order valence-electron chi connectivity index (χ3n) is 4.09. The Kier molecular flexibility index (Phi) is 5.13. The number of hydrogen-bond donors (Lipinski definition) is 2. The maximum atomic E-state index is 12.5. The number of carbonyl (C=O) groups excluding carboxylic acids is 2. The lowest BCUT2D eigenvalue weighted by Crippen LogP contribution is -2.15. The van der Waals surface area contributed by atoms with Crippen LogP contribution in [0.5, 0.6) is 0 Å². The van der Waals surface area contributed by atoms with E-state index in [-0.39, 0.29) is 11.8 Å². The van der Waals surface area contributed by atoms with Crippen LogP contribution in [0, 0.1) is 13.8 Å². The molecule has 0 aliphatic carbocycles. The number of para-hydroxylation sites is 1. The molecule has 0 fully saturated rings. The van der Waals surface area contributed by atoms with Crippen LogP contribution >= 0.6 is 0 Å². The first kappa shape index (κ1) is 17.4. The van der Waals surface area contributed by atoms with E-state index in [0.29, 0.717) is 16.8 Å². The Bertz CT molecular complexity index is 946. The van der Waals surface area contributed by atoms with Crippen molar-refractivity contribution in [3.63, 3.8) is 0 Å². The first-order chi connectivity index (χ1) is 12.5. The molecule has 130 valence electrons. The summed E-state index contributed by atoms with van der Waals surface area (Å²) in [4.78, 5) is 24.8. The maximum absolute atomic E-state index is 12.5. The van der Waals surface area contributed by atoms with Gasteiger partial charge in [-0.3, -0.25) is 9.59 Å². The minimum Gasteiger partial charge on any atom is -0.322 e. The minimum atomic E-state index is -0.217. The van der Waals surface area contributed by atoms with Gasteiger partial charge in [0.25, 0.3) is 11.8 Å². The fraction of sp³-hybridized carbons (Fsp3) is 0.0909. The van der Waals surface area contributed by atoms with Gasteiger partial charge in [0.2, 0.25) is 0 Å². The molecule has 0 aromatic heterocycles. The summed E-state index contributed by atoms with van der Waals surface area (Å²) < 4.78 is 0. The highest BCUT2D eigenvalue weighted by Crippen LogP contribution is 2.17. The molecular formula is C22H20N2O2. The zero-order valence-corrected chi connectivity index (χ0v) is 14.7. The summed E-state index contributed by atoms with van der Waals surface area (Å²) in [6.07, 6.45) is 0. The van der Waals surface area contributed by atoms with Crippen molar-refractivity contribution in [2.75, 3.05) is 10.6 Å². The zero-order chi connectivity index (χ0) is 18.5.